The predicted molar refractivity (Wildman–Crippen MR) is 62.0 cm³/mol. The number of ether oxygens (including phenoxy) is 1. The van der Waals surface area contributed by atoms with Gasteiger partial charge in [-0.25, -0.2) is 13.9 Å². The lowest BCUT2D eigenvalue weighted by Gasteiger charge is -2.01. The molecule has 0 saturated heterocycles. The van der Waals surface area contributed by atoms with Crippen molar-refractivity contribution in [2.45, 2.75) is 13.8 Å². The molecule has 1 heterocycles. The number of rotatable bonds is 3. The highest BCUT2D eigenvalue weighted by Gasteiger charge is 2.12. The normalized spacial score (nSPS) is 10.4. The summed E-state index contributed by atoms with van der Waals surface area (Å²) in [6.45, 7) is 3.65. The van der Waals surface area contributed by atoms with E-state index < -0.39 is 5.97 Å². The molecule has 0 radical (unpaired) electrons. The number of carbonyl (C=O) groups is 1. The zero-order chi connectivity index (χ0) is 13.1. The third-order valence-electron chi connectivity index (χ3n) is 2.40. The highest BCUT2D eigenvalue weighted by Crippen LogP contribution is 2.12. The SMILES string of the molecule is CCOC(=O)c1cn(-c2ccc(C)c(F)c2)nn1. The lowest BCUT2D eigenvalue weighted by molar-refractivity contribution is 0.0519. The molecule has 0 aliphatic rings. The second-order valence-electron chi connectivity index (χ2n) is 3.70. The Morgan fingerprint density at radius 2 is 2.28 bits per heavy atom. The van der Waals surface area contributed by atoms with Crippen LogP contribution >= 0.6 is 0 Å². The van der Waals surface area contributed by atoms with E-state index in [4.69, 9.17) is 4.74 Å². The van der Waals surface area contributed by atoms with E-state index in [1.165, 1.54) is 16.9 Å². The Bertz CT molecular complexity index is 580. The van der Waals surface area contributed by atoms with Crippen molar-refractivity contribution in [3.63, 3.8) is 0 Å². The van der Waals surface area contributed by atoms with Crippen LogP contribution in [0.4, 0.5) is 4.39 Å². The minimum Gasteiger partial charge on any atom is -0.461 e. The molecule has 0 N–H and O–H groups in total. The third-order valence-corrected chi connectivity index (χ3v) is 2.40. The van der Waals surface area contributed by atoms with E-state index in [9.17, 15) is 9.18 Å². The summed E-state index contributed by atoms with van der Waals surface area (Å²) in [6.07, 6.45) is 1.40. The molecule has 0 saturated carbocycles. The van der Waals surface area contributed by atoms with Gasteiger partial charge in [0.25, 0.3) is 0 Å². The van der Waals surface area contributed by atoms with E-state index in [1.807, 2.05) is 0 Å². The van der Waals surface area contributed by atoms with Crippen molar-refractivity contribution in [2.24, 2.45) is 0 Å². The number of hydrogen-bond acceptors (Lipinski definition) is 4. The number of esters is 1. The summed E-state index contributed by atoms with van der Waals surface area (Å²) in [5.74, 6) is -0.878. The molecule has 2 rings (SSSR count). The third kappa shape index (κ3) is 2.37. The Hall–Kier alpha value is -2.24. The van der Waals surface area contributed by atoms with Gasteiger partial charge in [-0.15, -0.1) is 5.10 Å². The monoisotopic (exact) mass is 249 g/mol. The molecule has 0 bridgehead atoms. The molecule has 0 fully saturated rings. The van der Waals surface area contributed by atoms with Crippen LogP contribution in [-0.2, 0) is 4.74 Å². The van der Waals surface area contributed by atoms with Crippen LogP contribution in [0.5, 0.6) is 0 Å². The molecule has 18 heavy (non-hydrogen) atoms. The highest BCUT2D eigenvalue weighted by atomic mass is 19.1. The molecule has 6 heteroatoms. The largest absolute Gasteiger partial charge is 0.461 e. The summed E-state index contributed by atoms with van der Waals surface area (Å²) in [7, 11) is 0. The topological polar surface area (TPSA) is 57.0 Å². The lowest BCUT2D eigenvalue weighted by Crippen LogP contribution is -2.04. The number of aromatic nitrogens is 3. The molecule has 1 aromatic carbocycles. The Balaban J connectivity index is 2.29. The van der Waals surface area contributed by atoms with Gasteiger partial charge in [0, 0.05) is 0 Å². The summed E-state index contributed by atoms with van der Waals surface area (Å²) >= 11 is 0. The molecule has 0 spiro atoms. The van der Waals surface area contributed by atoms with E-state index in [2.05, 4.69) is 10.3 Å². The van der Waals surface area contributed by atoms with Crippen molar-refractivity contribution in [3.8, 4) is 5.69 Å². The highest BCUT2D eigenvalue weighted by molar-refractivity contribution is 5.86. The Morgan fingerprint density at radius 3 is 2.94 bits per heavy atom. The van der Waals surface area contributed by atoms with Crippen LogP contribution in [0, 0.1) is 12.7 Å². The molecule has 1 aromatic heterocycles. The fourth-order valence-corrected chi connectivity index (χ4v) is 1.41. The molecule has 94 valence electrons. The summed E-state index contributed by atoms with van der Waals surface area (Å²) in [5, 5.41) is 7.44. The maximum atomic E-state index is 13.4. The van der Waals surface area contributed by atoms with E-state index in [0.717, 1.165) is 0 Å². The van der Waals surface area contributed by atoms with Gasteiger partial charge in [-0.2, -0.15) is 0 Å². The summed E-state index contributed by atoms with van der Waals surface area (Å²) in [6, 6.07) is 4.66. The number of halogens is 1. The van der Waals surface area contributed by atoms with Gasteiger partial charge >= 0.3 is 5.97 Å². The summed E-state index contributed by atoms with van der Waals surface area (Å²) in [4.78, 5) is 11.4. The second-order valence-corrected chi connectivity index (χ2v) is 3.70. The number of benzene rings is 1. The molecule has 0 aliphatic heterocycles. The Kier molecular flexibility index (Phi) is 3.36. The smallest absolute Gasteiger partial charge is 0.360 e. The summed E-state index contributed by atoms with van der Waals surface area (Å²) < 4.78 is 19.5. The van der Waals surface area contributed by atoms with Crippen LogP contribution in [0.3, 0.4) is 0 Å². The number of aryl methyl sites for hydroxylation is 1. The van der Waals surface area contributed by atoms with Gasteiger partial charge in [0.2, 0.25) is 0 Å². The van der Waals surface area contributed by atoms with Gasteiger partial charge in [-0.1, -0.05) is 11.3 Å². The van der Waals surface area contributed by atoms with Crippen LogP contribution < -0.4 is 0 Å². The Labute approximate surface area is 103 Å². The molecular formula is C12H12FN3O2. The van der Waals surface area contributed by atoms with Crippen molar-refractivity contribution in [1.29, 1.82) is 0 Å². The molecule has 0 aliphatic carbocycles. The molecular weight excluding hydrogens is 237 g/mol. The van der Waals surface area contributed by atoms with Gasteiger partial charge in [-0.05, 0) is 31.5 Å². The fourth-order valence-electron chi connectivity index (χ4n) is 1.41. The van der Waals surface area contributed by atoms with Gasteiger partial charge < -0.3 is 4.74 Å². The summed E-state index contributed by atoms with van der Waals surface area (Å²) in [5.41, 5.74) is 1.14. The van der Waals surface area contributed by atoms with Crippen LogP contribution in [0.2, 0.25) is 0 Å². The maximum absolute atomic E-state index is 13.4. The van der Waals surface area contributed by atoms with E-state index in [-0.39, 0.29) is 18.1 Å². The van der Waals surface area contributed by atoms with E-state index in [0.29, 0.717) is 11.3 Å². The van der Waals surface area contributed by atoms with Crippen molar-refractivity contribution in [2.75, 3.05) is 6.61 Å². The quantitative estimate of drug-likeness (QED) is 0.779. The molecule has 0 unspecified atom stereocenters. The minimum absolute atomic E-state index is 0.0952. The van der Waals surface area contributed by atoms with E-state index in [1.54, 1.807) is 26.0 Å². The zero-order valence-electron chi connectivity index (χ0n) is 10.1. The van der Waals surface area contributed by atoms with Crippen molar-refractivity contribution >= 4 is 5.97 Å². The average molecular weight is 249 g/mol. The van der Waals surface area contributed by atoms with Gasteiger partial charge in [-0.3, -0.25) is 0 Å². The maximum Gasteiger partial charge on any atom is 0.360 e. The standard InChI is InChI=1S/C12H12FN3O2/c1-3-18-12(17)11-7-16(15-14-11)9-5-4-8(2)10(13)6-9/h4-7H,3H2,1-2H3. The van der Waals surface area contributed by atoms with Crippen LogP contribution in [0.15, 0.2) is 24.4 Å². The molecule has 0 amide bonds. The molecule has 0 atom stereocenters. The van der Waals surface area contributed by atoms with Crippen molar-refractivity contribution in [1.82, 2.24) is 15.0 Å². The van der Waals surface area contributed by atoms with Crippen LogP contribution in [-0.4, -0.2) is 27.6 Å². The van der Waals surface area contributed by atoms with Crippen molar-refractivity contribution in [3.05, 3.63) is 41.5 Å². The number of hydrogen-bond donors (Lipinski definition) is 0. The Morgan fingerprint density at radius 1 is 1.50 bits per heavy atom. The first-order valence-electron chi connectivity index (χ1n) is 5.48. The minimum atomic E-state index is -0.545. The molecule has 2 aromatic rings. The van der Waals surface area contributed by atoms with Crippen LogP contribution in [0.25, 0.3) is 5.69 Å². The zero-order valence-corrected chi connectivity index (χ0v) is 10.1. The van der Waals surface area contributed by atoms with Gasteiger partial charge in [0.15, 0.2) is 5.69 Å². The fraction of sp³-hybridized carbons (Fsp3) is 0.250. The van der Waals surface area contributed by atoms with E-state index >= 15 is 0 Å². The van der Waals surface area contributed by atoms with Gasteiger partial charge in [0.05, 0.1) is 18.5 Å². The number of carbonyl (C=O) groups excluding carboxylic acids is 1. The lowest BCUT2D eigenvalue weighted by atomic mass is 10.2. The first-order chi connectivity index (χ1) is 8.61. The van der Waals surface area contributed by atoms with Gasteiger partial charge in [0.1, 0.15) is 5.82 Å². The second kappa shape index (κ2) is 4.95. The predicted octanol–water partition coefficient (Wildman–Crippen LogP) is 1.89. The van der Waals surface area contributed by atoms with Crippen LogP contribution in [0.1, 0.15) is 23.0 Å². The van der Waals surface area contributed by atoms with Crippen molar-refractivity contribution < 1.29 is 13.9 Å². The number of nitrogens with zero attached hydrogens (tertiary/aromatic N) is 3. The average Bonchev–Trinajstić information content (AvgIpc) is 2.82. The first kappa shape index (κ1) is 12.2. The first-order valence-corrected chi connectivity index (χ1v) is 5.48. The molecule has 5 nitrogen and oxygen atoms in total.